The maximum Gasteiger partial charge on any atom is 0.234 e. The lowest BCUT2D eigenvalue weighted by molar-refractivity contribution is -0.113. The van der Waals surface area contributed by atoms with Crippen LogP contribution in [0, 0.1) is 3.57 Å². The number of halogens is 1. The number of hydrogen-bond acceptors (Lipinski definition) is 5. The first-order valence-electron chi connectivity index (χ1n) is 9.41. The number of carbonyl (C=O) groups excluding carboxylic acids is 1. The van der Waals surface area contributed by atoms with Gasteiger partial charge in [0.25, 0.3) is 0 Å². The SMILES string of the molecule is CCc1ccc(OCc2nnc(SCC(=O)Nc3ccc(I)cc3)n2CC)cc1. The van der Waals surface area contributed by atoms with Crippen LogP contribution < -0.4 is 10.1 Å². The number of aryl methyl sites for hydroxylation is 1. The Kier molecular flexibility index (Phi) is 7.93. The van der Waals surface area contributed by atoms with Crippen LogP contribution in [0.25, 0.3) is 0 Å². The molecule has 29 heavy (non-hydrogen) atoms. The summed E-state index contributed by atoms with van der Waals surface area (Å²) in [6.45, 7) is 5.20. The number of benzene rings is 2. The Hall–Kier alpha value is -2.07. The van der Waals surface area contributed by atoms with Gasteiger partial charge in [-0.05, 0) is 77.9 Å². The number of anilines is 1. The first-order valence-corrected chi connectivity index (χ1v) is 11.5. The molecule has 1 amide bonds. The van der Waals surface area contributed by atoms with Gasteiger partial charge in [0.1, 0.15) is 12.4 Å². The van der Waals surface area contributed by atoms with Gasteiger partial charge in [-0.2, -0.15) is 0 Å². The standard InChI is InChI=1S/C21H23IN4O2S/c1-3-15-5-11-18(12-6-15)28-13-19-24-25-21(26(19)4-2)29-14-20(27)23-17-9-7-16(22)8-10-17/h5-12H,3-4,13-14H2,1-2H3,(H,23,27). The fourth-order valence-electron chi connectivity index (χ4n) is 2.68. The maximum absolute atomic E-state index is 12.2. The van der Waals surface area contributed by atoms with E-state index in [4.69, 9.17) is 4.74 Å². The van der Waals surface area contributed by atoms with E-state index in [0.717, 1.165) is 27.3 Å². The van der Waals surface area contributed by atoms with Gasteiger partial charge >= 0.3 is 0 Å². The molecular weight excluding hydrogens is 499 g/mol. The average Bonchev–Trinajstić information content (AvgIpc) is 3.14. The average molecular weight is 522 g/mol. The molecule has 0 aliphatic carbocycles. The maximum atomic E-state index is 12.2. The van der Waals surface area contributed by atoms with Crippen LogP contribution >= 0.6 is 34.4 Å². The lowest BCUT2D eigenvalue weighted by atomic mass is 10.2. The molecule has 0 bridgehead atoms. The van der Waals surface area contributed by atoms with Gasteiger partial charge < -0.3 is 14.6 Å². The van der Waals surface area contributed by atoms with Crippen LogP contribution in [-0.4, -0.2) is 26.4 Å². The van der Waals surface area contributed by atoms with Crippen LogP contribution in [0.5, 0.6) is 5.75 Å². The minimum Gasteiger partial charge on any atom is -0.486 e. The molecule has 0 atom stereocenters. The molecule has 0 unspecified atom stereocenters. The van der Waals surface area contributed by atoms with E-state index in [2.05, 4.69) is 57.2 Å². The van der Waals surface area contributed by atoms with Crippen LogP contribution in [0.4, 0.5) is 5.69 Å². The Bertz CT molecular complexity index is 942. The second-order valence-corrected chi connectivity index (χ2v) is 8.46. The summed E-state index contributed by atoms with van der Waals surface area (Å²) in [6, 6.07) is 15.8. The zero-order valence-corrected chi connectivity index (χ0v) is 19.4. The minimum atomic E-state index is -0.0734. The van der Waals surface area contributed by atoms with Crippen LogP contribution in [0.2, 0.25) is 0 Å². The molecule has 1 aromatic heterocycles. The highest BCUT2D eigenvalue weighted by Gasteiger charge is 2.14. The molecule has 2 aromatic carbocycles. The molecule has 1 heterocycles. The van der Waals surface area contributed by atoms with Crippen molar-refractivity contribution < 1.29 is 9.53 Å². The molecule has 1 N–H and O–H groups in total. The molecule has 0 aliphatic heterocycles. The van der Waals surface area contributed by atoms with Gasteiger partial charge in [0.05, 0.1) is 5.75 Å². The van der Waals surface area contributed by atoms with E-state index >= 15 is 0 Å². The fourth-order valence-corrected chi connectivity index (χ4v) is 3.86. The Morgan fingerprint density at radius 3 is 2.48 bits per heavy atom. The van der Waals surface area contributed by atoms with Crippen molar-refractivity contribution in [3.63, 3.8) is 0 Å². The van der Waals surface area contributed by atoms with Gasteiger partial charge in [0, 0.05) is 15.8 Å². The number of ether oxygens (including phenoxy) is 1. The number of thioether (sulfide) groups is 1. The summed E-state index contributed by atoms with van der Waals surface area (Å²) in [5.74, 6) is 1.74. The smallest absolute Gasteiger partial charge is 0.234 e. The van der Waals surface area contributed by atoms with Gasteiger partial charge in [-0.15, -0.1) is 10.2 Å². The van der Waals surface area contributed by atoms with Crippen LogP contribution in [0.1, 0.15) is 25.2 Å². The van der Waals surface area contributed by atoms with E-state index in [0.29, 0.717) is 18.3 Å². The summed E-state index contributed by atoms with van der Waals surface area (Å²) in [4.78, 5) is 12.2. The van der Waals surface area contributed by atoms with Crippen molar-refractivity contribution in [1.29, 1.82) is 0 Å². The summed E-state index contributed by atoms with van der Waals surface area (Å²) in [5.41, 5.74) is 2.06. The van der Waals surface area contributed by atoms with Crippen molar-refractivity contribution in [2.24, 2.45) is 0 Å². The quantitative estimate of drug-likeness (QED) is 0.324. The number of nitrogens with one attached hydrogen (secondary N) is 1. The van der Waals surface area contributed by atoms with E-state index in [1.807, 2.05) is 47.9 Å². The number of amides is 1. The van der Waals surface area contributed by atoms with Crippen LogP contribution in [-0.2, 0) is 24.4 Å². The van der Waals surface area contributed by atoms with Crippen molar-refractivity contribution in [3.05, 3.63) is 63.5 Å². The first kappa shape index (κ1) is 21.6. The zero-order chi connectivity index (χ0) is 20.6. The predicted octanol–water partition coefficient (Wildman–Crippen LogP) is 4.77. The summed E-state index contributed by atoms with van der Waals surface area (Å²) in [6.07, 6.45) is 1.00. The highest BCUT2D eigenvalue weighted by atomic mass is 127. The topological polar surface area (TPSA) is 69.0 Å². The molecule has 0 saturated heterocycles. The molecule has 0 radical (unpaired) electrons. The Balaban J connectivity index is 1.55. The molecule has 0 spiro atoms. The van der Waals surface area contributed by atoms with Gasteiger partial charge in [-0.1, -0.05) is 30.8 Å². The number of aromatic nitrogens is 3. The summed E-state index contributed by atoms with van der Waals surface area (Å²) in [5, 5.41) is 12.1. The van der Waals surface area contributed by atoms with E-state index in [-0.39, 0.29) is 11.7 Å². The number of rotatable bonds is 9. The molecule has 0 fully saturated rings. The minimum absolute atomic E-state index is 0.0734. The van der Waals surface area contributed by atoms with Crippen molar-refractivity contribution in [2.75, 3.05) is 11.1 Å². The largest absolute Gasteiger partial charge is 0.486 e. The van der Waals surface area contributed by atoms with Gasteiger partial charge in [-0.25, -0.2) is 0 Å². The highest BCUT2D eigenvalue weighted by molar-refractivity contribution is 14.1. The lowest BCUT2D eigenvalue weighted by Gasteiger charge is -2.09. The normalized spacial score (nSPS) is 10.7. The molecule has 152 valence electrons. The molecule has 3 rings (SSSR count). The van der Waals surface area contributed by atoms with Crippen molar-refractivity contribution >= 4 is 45.9 Å². The molecule has 3 aromatic rings. The Labute approximate surface area is 188 Å². The second kappa shape index (κ2) is 10.6. The van der Waals surface area contributed by atoms with E-state index in [9.17, 15) is 4.79 Å². The molecule has 0 aliphatic rings. The van der Waals surface area contributed by atoms with Crippen LogP contribution in [0.15, 0.2) is 53.7 Å². The fraction of sp³-hybridized carbons (Fsp3) is 0.286. The first-order chi connectivity index (χ1) is 14.1. The summed E-state index contributed by atoms with van der Waals surface area (Å²) in [7, 11) is 0. The van der Waals surface area contributed by atoms with E-state index < -0.39 is 0 Å². The third kappa shape index (κ3) is 6.20. The van der Waals surface area contributed by atoms with E-state index in [1.54, 1.807) is 0 Å². The number of hydrogen-bond donors (Lipinski definition) is 1. The van der Waals surface area contributed by atoms with Gasteiger partial charge in [-0.3, -0.25) is 4.79 Å². The molecule has 0 saturated carbocycles. The highest BCUT2D eigenvalue weighted by Crippen LogP contribution is 2.20. The zero-order valence-electron chi connectivity index (χ0n) is 16.4. The Morgan fingerprint density at radius 1 is 1.10 bits per heavy atom. The molecule has 8 heteroatoms. The van der Waals surface area contributed by atoms with E-state index in [1.165, 1.54) is 17.3 Å². The van der Waals surface area contributed by atoms with Crippen molar-refractivity contribution in [2.45, 2.75) is 38.6 Å². The van der Waals surface area contributed by atoms with Crippen LogP contribution in [0.3, 0.4) is 0 Å². The number of carbonyl (C=O) groups is 1. The van der Waals surface area contributed by atoms with Gasteiger partial charge in [0.2, 0.25) is 5.91 Å². The van der Waals surface area contributed by atoms with Crippen molar-refractivity contribution in [1.82, 2.24) is 14.8 Å². The predicted molar refractivity (Wildman–Crippen MR) is 124 cm³/mol. The molecule has 6 nitrogen and oxygen atoms in total. The third-order valence-electron chi connectivity index (χ3n) is 4.27. The van der Waals surface area contributed by atoms with Gasteiger partial charge in [0.15, 0.2) is 11.0 Å². The third-order valence-corrected chi connectivity index (χ3v) is 5.96. The Morgan fingerprint density at radius 2 is 1.83 bits per heavy atom. The molecular formula is C21H23IN4O2S. The monoisotopic (exact) mass is 522 g/mol. The lowest BCUT2D eigenvalue weighted by Crippen LogP contribution is -2.15. The van der Waals surface area contributed by atoms with Crippen molar-refractivity contribution in [3.8, 4) is 5.75 Å². The summed E-state index contributed by atoms with van der Waals surface area (Å²) >= 11 is 3.60. The second-order valence-electron chi connectivity index (χ2n) is 6.27. The number of nitrogens with zero attached hydrogens (tertiary/aromatic N) is 3. The summed E-state index contributed by atoms with van der Waals surface area (Å²) < 4.78 is 8.95.